The summed E-state index contributed by atoms with van der Waals surface area (Å²) in [7, 11) is 1.52. The highest BCUT2D eigenvalue weighted by Gasteiger charge is 2.13. The number of ether oxygens (including phenoxy) is 2. The number of aliphatic carboxylic acids is 1. The molecule has 0 unspecified atom stereocenters. The van der Waals surface area contributed by atoms with E-state index in [1.54, 1.807) is 42.5 Å². The minimum absolute atomic E-state index is 0.215. The van der Waals surface area contributed by atoms with E-state index in [0.717, 1.165) is 5.56 Å². The number of rotatable bonds is 7. The maximum atomic E-state index is 13.0. The van der Waals surface area contributed by atoms with Gasteiger partial charge in [-0.15, -0.1) is 11.3 Å². The van der Waals surface area contributed by atoms with Gasteiger partial charge >= 0.3 is 5.97 Å². The first-order valence-electron chi connectivity index (χ1n) is 8.11. The molecule has 0 saturated carbocycles. The summed E-state index contributed by atoms with van der Waals surface area (Å²) >= 11 is 1.37. The minimum Gasteiger partial charge on any atom is -0.493 e. The van der Waals surface area contributed by atoms with Gasteiger partial charge in [0, 0.05) is 4.88 Å². The Kier molecular flexibility index (Phi) is 5.88. The molecule has 0 atom stereocenters. The molecule has 3 rings (SSSR count). The average molecular weight is 384 g/mol. The molecule has 3 aromatic rings. The lowest BCUT2D eigenvalue weighted by Crippen LogP contribution is -1.99. The highest BCUT2D eigenvalue weighted by atomic mass is 32.1. The summed E-state index contributed by atoms with van der Waals surface area (Å²) in [5.41, 5.74) is 1.73. The third kappa shape index (κ3) is 4.74. The molecule has 0 saturated heterocycles. The van der Waals surface area contributed by atoms with E-state index in [1.165, 1.54) is 30.6 Å². The Bertz CT molecular complexity index is 947. The number of hydrogen-bond acceptors (Lipinski definition) is 4. The predicted molar refractivity (Wildman–Crippen MR) is 104 cm³/mol. The first-order chi connectivity index (χ1) is 13.1. The van der Waals surface area contributed by atoms with Gasteiger partial charge in [-0.1, -0.05) is 24.3 Å². The maximum absolute atomic E-state index is 13.0. The molecule has 0 aliphatic heterocycles. The van der Waals surface area contributed by atoms with Gasteiger partial charge in [-0.05, 0) is 52.9 Å². The summed E-state index contributed by atoms with van der Waals surface area (Å²) in [6.07, 6.45) is 1.60. The van der Waals surface area contributed by atoms with Crippen molar-refractivity contribution in [1.29, 1.82) is 0 Å². The van der Waals surface area contributed by atoms with Crippen molar-refractivity contribution in [3.8, 4) is 11.5 Å². The smallest absolute Gasteiger partial charge is 0.337 e. The molecule has 6 heteroatoms. The SMILES string of the molecule is COc1cc(/C=C(\C(=O)O)c2cccs2)ccc1OCc1ccc(F)cc1. The minimum atomic E-state index is -0.993. The number of methoxy groups -OCH3 is 1. The van der Waals surface area contributed by atoms with E-state index >= 15 is 0 Å². The van der Waals surface area contributed by atoms with Gasteiger partial charge in [0.2, 0.25) is 0 Å². The van der Waals surface area contributed by atoms with Crippen LogP contribution in [0.3, 0.4) is 0 Å². The first kappa shape index (κ1) is 18.7. The Balaban J connectivity index is 1.82. The van der Waals surface area contributed by atoms with Crippen LogP contribution in [0.15, 0.2) is 60.0 Å². The summed E-state index contributed by atoms with van der Waals surface area (Å²) in [5.74, 6) is -0.283. The molecule has 0 aliphatic carbocycles. The number of carboxylic acids is 1. The summed E-state index contributed by atoms with van der Waals surface area (Å²) in [6, 6.07) is 14.8. The molecule has 0 spiro atoms. The van der Waals surface area contributed by atoms with Crippen molar-refractivity contribution in [3.63, 3.8) is 0 Å². The van der Waals surface area contributed by atoms with Gasteiger partial charge in [0.05, 0.1) is 12.7 Å². The molecule has 0 fully saturated rings. The van der Waals surface area contributed by atoms with Gasteiger partial charge in [-0.2, -0.15) is 0 Å². The van der Waals surface area contributed by atoms with E-state index in [1.807, 2.05) is 11.4 Å². The van der Waals surface area contributed by atoms with E-state index in [2.05, 4.69) is 0 Å². The Hall–Kier alpha value is -3.12. The van der Waals surface area contributed by atoms with Gasteiger partial charge in [-0.3, -0.25) is 0 Å². The van der Waals surface area contributed by atoms with Crippen molar-refractivity contribution in [1.82, 2.24) is 0 Å². The zero-order valence-corrected chi connectivity index (χ0v) is 15.3. The van der Waals surface area contributed by atoms with Gasteiger partial charge in [0.15, 0.2) is 11.5 Å². The molecule has 0 aliphatic rings. The van der Waals surface area contributed by atoms with Crippen molar-refractivity contribution >= 4 is 29.0 Å². The Labute approximate surface area is 160 Å². The summed E-state index contributed by atoms with van der Waals surface area (Å²) in [5, 5.41) is 11.3. The fraction of sp³-hybridized carbons (Fsp3) is 0.0952. The predicted octanol–water partition coefficient (Wildman–Crippen LogP) is 5.10. The molecule has 0 radical (unpaired) electrons. The number of thiophene rings is 1. The zero-order chi connectivity index (χ0) is 19.2. The Morgan fingerprint density at radius 1 is 1.15 bits per heavy atom. The van der Waals surface area contributed by atoms with Crippen LogP contribution in [0.2, 0.25) is 0 Å². The molecule has 1 aromatic heterocycles. The molecular weight excluding hydrogens is 367 g/mol. The first-order valence-corrected chi connectivity index (χ1v) is 8.99. The molecule has 1 N–H and O–H groups in total. The molecular formula is C21H17FO4S. The van der Waals surface area contributed by atoms with E-state index < -0.39 is 5.97 Å². The molecule has 1 heterocycles. The van der Waals surface area contributed by atoms with Crippen LogP contribution < -0.4 is 9.47 Å². The monoisotopic (exact) mass is 384 g/mol. The topological polar surface area (TPSA) is 55.8 Å². The summed E-state index contributed by atoms with van der Waals surface area (Å²) in [6.45, 7) is 0.265. The van der Waals surface area contributed by atoms with E-state index in [9.17, 15) is 14.3 Å². The largest absolute Gasteiger partial charge is 0.493 e. The van der Waals surface area contributed by atoms with Crippen LogP contribution in [0.4, 0.5) is 4.39 Å². The maximum Gasteiger partial charge on any atom is 0.337 e. The van der Waals surface area contributed by atoms with Crippen molar-refractivity contribution in [2.45, 2.75) is 6.61 Å². The fourth-order valence-corrected chi connectivity index (χ4v) is 3.21. The van der Waals surface area contributed by atoms with Gasteiger partial charge < -0.3 is 14.6 Å². The molecule has 138 valence electrons. The standard InChI is InChI=1S/C21H17FO4S/c1-25-19-12-15(11-17(21(23)24)20-3-2-10-27-20)6-9-18(19)26-13-14-4-7-16(22)8-5-14/h2-12H,13H2,1H3,(H,23,24)/b17-11-. The molecule has 2 aromatic carbocycles. The number of halogens is 1. The summed E-state index contributed by atoms with van der Waals surface area (Å²) in [4.78, 5) is 12.2. The van der Waals surface area contributed by atoms with E-state index in [4.69, 9.17) is 9.47 Å². The van der Waals surface area contributed by atoms with Crippen LogP contribution in [0.5, 0.6) is 11.5 Å². The second-order valence-corrected chi connectivity index (χ2v) is 6.61. The van der Waals surface area contributed by atoms with Crippen molar-refractivity contribution in [2.75, 3.05) is 7.11 Å². The summed E-state index contributed by atoms with van der Waals surface area (Å²) < 4.78 is 24.1. The van der Waals surface area contributed by atoms with Crippen LogP contribution in [0.1, 0.15) is 16.0 Å². The Morgan fingerprint density at radius 2 is 1.93 bits per heavy atom. The lowest BCUT2D eigenvalue weighted by atomic mass is 10.1. The molecule has 0 amide bonds. The molecule has 0 bridgehead atoms. The van der Waals surface area contributed by atoms with Crippen molar-refractivity contribution < 1.29 is 23.8 Å². The van der Waals surface area contributed by atoms with Crippen LogP contribution in [-0.2, 0) is 11.4 Å². The lowest BCUT2D eigenvalue weighted by molar-refractivity contribution is -0.130. The fourth-order valence-electron chi connectivity index (χ4n) is 2.47. The van der Waals surface area contributed by atoms with Crippen molar-refractivity contribution in [3.05, 3.63) is 81.8 Å². The van der Waals surface area contributed by atoms with Crippen LogP contribution in [0.25, 0.3) is 11.6 Å². The molecule has 4 nitrogen and oxygen atoms in total. The second-order valence-electron chi connectivity index (χ2n) is 5.67. The van der Waals surface area contributed by atoms with E-state index in [-0.39, 0.29) is 18.0 Å². The van der Waals surface area contributed by atoms with Gasteiger partial charge in [-0.25, -0.2) is 9.18 Å². The van der Waals surface area contributed by atoms with Crippen LogP contribution >= 0.6 is 11.3 Å². The lowest BCUT2D eigenvalue weighted by Gasteiger charge is -2.12. The second kappa shape index (κ2) is 8.51. The molecule has 27 heavy (non-hydrogen) atoms. The number of hydrogen-bond donors (Lipinski definition) is 1. The van der Waals surface area contributed by atoms with Gasteiger partial charge in [0.1, 0.15) is 12.4 Å². The van der Waals surface area contributed by atoms with Crippen molar-refractivity contribution in [2.24, 2.45) is 0 Å². The normalized spacial score (nSPS) is 11.3. The van der Waals surface area contributed by atoms with E-state index in [0.29, 0.717) is 21.9 Å². The highest BCUT2D eigenvalue weighted by Crippen LogP contribution is 2.31. The quantitative estimate of drug-likeness (QED) is 0.576. The zero-order valence-electron chi connectivity index (χ0n) is 14.5. The third-order valence-electron chi connectivity index (χ3n) is 3.82. The average Bonchev–Trinajstić information content (AvgIpc) is 3.20. The highest BCUT2D eigenvalue weighted by molar-refractivity contribution is 7.11. The van der Waals surface area contributed by atoms with Crippen LogP contribution in [-0.4, -0.2) is 18.2 Å². The van der Waals surface area contributed by atoms with Crippen LogP contribution in [0, 0.1) is 5.82 Å². The number of carbonyl (C=O) groups is 1. The van der Waals surface area contributed by atoms with Gasteiger partial charge in [0.25, 0.3) is 0 Å². The Morgan fingerprint density at radius 3 is 2.56 bits per heavy atom. The number of carboxylic acid groups (broad SMARTS) is 1. The number of benzene rings is 2. The third-order valence-corrected chi connectivity index (χ3v) is 4.73.